The lowest BCUT2D eigenvalue weighted by molar-refractivity contribution is -0.118. The molecule has 1 atom stereocenters. The van der Waals surface area contributed by atoms with Crippen LogP contribution in [0.15, 0.2) is 42.5 Å². The lowest BCUT2D eigenvalue weighted by Crippen LogP contribution is -2.37. The van der Waals surface area contributed by atoms with Gasteiger partial charge >= 0.3 is 0 Å². The van der Waals surface area contributed by atoms with Crippen LogP contribution in [0.1, 0.15) is 29.2 Å². The van der Waals surface area contributed by atoms with Crippen molar-refractivity contribution in [2.45, 2.75) is 26.4 Å². The number of morpholine rings is 1. The van der Waals surface area contributed by atoms with Crippen molar-refractivity contribution >= 4 is 11.6 Å². The van der Waals surface area contributed by atoms with Gasteiger partial charge in [-0.05, 0) is 49.1 Å². The molecule has 2 N–H and O–H groups in total. The molecule has 156 valence electrons. The number of nitrogens with one attached hydrogen (secondary N) is 1. The Morgan fingerprint density at radius 1 is 1.14 bits per heavy atom. The maximum absolute atomic E-state index is 12.2. The third-order valence-electron chi connectivity index (χ3n) is 5.16. The number of aliphatic hydroxyl groups excluding tert-OH is 1. The van der Waals surface area contributed by atoms with Gasteiger partial charge < -0.3 is 19.9 Å². The molecule has 6 nitrogen and oxygen atoms in total. The molecule has 1 saturated heterocycles. The van der Waals surface area contributed by atoms with Crippen LogP contribution in [0.3, 0.4) is 0 Å². The average molecular weight is 399 g/mol. The van der Waals surface area contributed by atoms with Gasteiger partial charge in [0.15, 0.2) is 6.61 Å². The minimum atomic E-state index is -0.519. The van der Waals surface area contributed by atoms with Crippen molar-refractivity contribution < 1.29 is 19.4 Å². The molecule has 1 amide bonds. The predicted octanol–water partition coefficient (Wildman–Crippen LogP) is 3.08. The Morgan fingerprint density at radius 3 is 2.45 bits per heavy atom. The first kappa shape index (κ1) is 21.3. The van der Waals surface area contributed by atoms with Gasteiger partial charge in [-0.2, -0.15) is 0 Å². The fourth-order valence-corrected chi connectivity index (χ4v) is 3.45. The molecule has 6 heteroatoms. The first-order chi connectivity index (χ1) is 14.0. The number of ether oxygens (including phenoxy) is 2. The van der Waals surface area contributed by atoms with E-state index in [2.05, 4.69) is 10.2 Å². The lowest BCUT2D eigenvalue weighted by Gasteiger charge is -2.27. The third kappa shape index (κ3) is 6.29. The molecular formula is C23H30N2O4. The molecule has 0 aromatic heterocycles. The Kier molecular flexibility index (Phi) is 7.63. The first-order valence-electron chi connectivity index (χ1n) is 10.1. The maximum Gasteiger partial charge on any atom is 0.262 e. The van der Waals surface area contributed by atoms with Crippen LogP contribution in [0.4, 0.5) is 5.69 Å². The number of para-hydroxylation sites is 1. The van der Waals surface area contributed by atoms with Crippen molar-refractivity contribution in [1.29, 1.82) is 0 Å². The summed E-state index contributed by atoms with van der Waals surface area (Å²) >= 11 is 0. The number of hydrogen-bond donors (Lipinski definition) is 2. The number of benzene rings is 2. The summed E-state index contributed by atoms with van der Waals surface area (Å²) < 4.78 is 11.0. The number of aliphatic hydroxyl groups is 1. The minimum Gasteiger partial charge on any atom is -0.483 e. The standard InChI is InChI=1S/C23H30N2O4/c1-17-4-3-5-18(2)23(17)29-16-22(27)24-20-8-6-19(7-9-20)21(26)10-11-25-12-14-28-15-13-25/h3-9,21,26H,10-16H2,1-2H3,(H,24,27). The third-order valence-corrected chi connectivity index (χ3v) is 5.16. The van der Waals surface area contributed by atoms with E-state index in [4.69, 9.17) is 9.47 Å². The Bertz CT molecular complexity index is 781. The number of anilines is 1. The molecule has 1 fully saturated rings. The van der Waals surface area contributed by atoms with Crippen molar-refractivity contribution in [3.05, 3.63) is 59.2 Å². The number of rotatable bonds is 8. The molecule has 1 aliphatic rings. The zero-order chi connectivity index (χ0) is 20.6. The Morgan fingerprint density at radius 2 is 1.79 bits per heavy atom. The van der Waals surface area contributed by atoms with E-state index in [9.17, 15) is 9.90 Å². The molecule has 0 aliphatic carbocycles. The number of carbonyl (C=O) groups is 1. The molecule has 0 saturated carbocycles. The summed E-state index contributed by atoms with van der Waals surface area (Å²) in [5.41, 5.74) is 3.55. The van der Waals surface area contributed by atoms with Gasteiger partial charge in [0.25, 0.3) is 5.91 Å². The second-order valence-corrected chi connectivity index (χ2v) is 7.44. The van der Waals surface area contributed by atoms with Gasteiger partial charge in [-0.3, -0.25) is 9.69 Å². The van der Waals surface area contributed by atoms with E-state index in [-0.39, 0.29) is 12.5 Å². The quantitative estimate of drug-likeness (QED) is 0.715. The zero-order valence-electron chi connectivity index (χ0n) is 17.2. The van der Waals surface area contributed by atoms with Crippen molar-refractivity contribution in [3.8, 4) is 5.75 Å². The molecule has 1 unspecified atom stereocenters. The van der Waals surface area contributed by atoms with Crippen LogP contribution in [0.25, 0.3) is 0 Å². The molecule has 0 bridgehead atoms. The fourth-order valence-electron chi connectivity index (χ4n) is 3.45. The highest BCUT2D eigenvalue weighted by Crippen LogP contribution is 2.23. The van der Waals surface area contributed by atoms with E-state index in [1.807, 2.05) is 56.3 Å². The molecule has 1 heterocycles. The maximum atomic E-state index is 12.2. The predicted molar refractivity (Wildman–Crippen MR) is 113 cm³/mol. The van der Waals surface area contributed by atoms with Crippen LogP contribution in [-0.2, 0) is 9.53 Å². The van der Waals surface area contributed by atoms with Crippen LogP contribution in [0.2, 0.25) is 0 Å². The monoisotopic (exact) mass is 398 g/mol. The molecule has 0 spiro atoms. The van der Waals surface area contributed by atoms with Crippen molar-refractivity contribution in [2.75, 3.05) is 44.8 Å². The summed E-state index contributed by atoms with van der Waals surface area (Å²) in [6.45, 7) is 8.08. The van der Waals surface area contributed by atoms with Crippen molar-refractivity contribution in [3.63, 3.8) is 0 Å². The normalized spacial score (nSPS) is 15.7. The van der Waals surface area contributed by atoms with E-state index in [0.29, 0.717) is 12.1 Å². The number of amides is 1. The lowest BCUT2D eigenvalue weighted by atomic mass is 10.1. The number of aryl methyl sites for hydroxylation is 2. The SMILES string of the molecule is Cc1cccc(C)c1OCC(=O)Nc1ccc(C(O)CCN2CCOCC2)cc1. The second-order valence-electron chi connectivity index (χ2n) is 7.44. The molecular weight excluding hydrogens is 368 g/mol. The van der Waals surface area contributed by atoms with E-state index >= 15 is 0 Å². The molecule has 29 heavy (non-hydrogen) atoms. The van der Waals surface area contributed by atoms with E-state index in [1.165, 1.54) is 0 Å². The van der Waals surface area contributed by atoms with Crippen LogP contribution >= 0.6 is 0 Å². The van der Waals surface area contributed by atoms with Crippen molar-refractivity contribution in [2.24, 2.45) is 0 Å². The van der Waals surface area contributed by atoms with Gasteiger partial charge in [0.1, 0.15) is 5.75 Å². The smallest absolute Gasteiger partial charge is 0.262 e. The Hall–Kier alpha value is -2.41. The molecule has 1 aliphatic heterocycles. The highest BCUT2D eigenvalue weighted by Gasteiger charge is 2.14. The highest BCUT2D eigenvalue weighted by atomic mass is 16.5. The summed E-state index contributed by atoms with van der Waals surface area (Å²) in [4.78, 5) is 14.5. The first-order valence-corrected chi connectivity index (χ1v) is 10.1. The van der Waals surface area contributed by atoms with Gasteiger partial charge in [-0.15, -0.1) is 0 Å². The minimum absolute atomic E-state index is 0.0460. The average Bonchev–Trinajstić information content (AvgIpc) is 2.73. The summed E-state index contributed by atoms with van der Waals surface area (Å²) in [6, 6.07) is 13.2. The number of hydrogen-bond acceptors (Lipinski definition) is 5. The summed E-state index contributed by atoms with van der Waals surface area (Å²) in [5, 5.41) is 13.3. The van der Waals surface area contributed by atoms with Gasteiger partial charge in [0, 0.05) is 25.3 Å². The van der Waals surface area contributed by atoms with Gasteiger partial charge in [0.2, 0.25) is 0 Å². The summed E-state index contributed by atoms with van der Waals surface area (Å²) in [5.74, 6) is 0.537. The van der Waals surface area contributed by atoms with Crippen LogP contribution in [-0.4, -0.2) is 55.4 Å². The van der Waals surface area contributed by atoms with Gasteiger partial charge in [-0.1, -0.05) is 30.3 Å². The molecule has 2 aromatic rings. The summed E-state index contributed by atoms with van der Waals surface area (Å²) in [6.07, 6.45) is 0.157. The van der Waals surface area contributed by atoms with E-state index in [0.717, 1.165) is 55.3 Å². The largest absolute Gasteiger partial charge is 0.483 e. The van der Waals surface area contributed by atoms with Crippen LogP contribution in [0, 0.1) is 13.8 Å². The number of nitrogens with zero attached hydrogens (tertiary/aromatic N) is 1. The highest BCUT2D eigenvalue weighted by molar-refractivity contribution is 5.91. The van der Waals surface area contributed by atoms with Gasteiger partial charge in [0.05, 0.1) is 19.3 Å². The topological polar surface area (TPSA) is 71.0 Å². The Balaban J connectivity index is 1.46. The van der Waals surface area contributed by atoms with Crippen molar-refractivity contribution in [1.82, 2.24) is 4.90 Å². The molecule has 3 rings (SSSR count). The molecule has 2 aromatic carbocycles. The zero-order valence-corrected chi connectivity index (χ0v) is 17.2. The van der Waals surface area contributed by atoms with E-state index < -0.39 is 6.10 Å². The summed E-state index contributed by atoms with van der Waals surface area (Å²) in [7, 11) is 0. The van der Waals surface area contributed by atoms with Crippen LogP contribution in [0.5, 0.6) is 5.75 Å². The van der Waals surface area contributed by atoms with E-state index in [1.54, 1.807) is 0 Å². The second kappa shape index (κ2) is 10.4. The van der Waals surface area contributed by atoms with Gasteiger partial charge in [-0.25, -0.2) is 0 Å². The Labute approximate surface area is 172 Å². The number of carbonyl (C=O) groups excluding carboxylic acids is 1. The fraction of sp³-hybridized carbons (Fsp3) is 0.435. The molecule has 0 radical (unpaired) electrons. The van der Waals surface area contributed by atoms with Crippen LogP contribution < -0.4 is 10.1 Å².